The third kappa shape index (κ3) is 3.67. The summed E-state index contributed by atoms with van der Waals surface area (Å²) in [6, 6.07) is 0.568. The van der Waals surface area contributed by atoms with Crippen molar-refractivity contribution in [3.8, 4) is 0 Å². The Labute approximate surface area is 109 Å². The lowest BCUT2D eigenvalue weighted by atomic mass is 10.2. The lowest BCUT2D eigenvalue weighted by molar-refractivity contribution is -0.137. The maximum absolute atomic E-state index is 12.2. The zero-order valence-electron chi connectivity index (χ0n) is 11.1. The maximum Gasteiger partial charge on any atom is 0.236 e. The van der Waals surface area contributed by atoms with Gasteiger partial charge in [-0.15, -0.1) is 0 Å². The van der Waals surface area contributed by atoms with Crippen molar-refractivity contribution in [2.45, 2.75) is 31.7 Å². The van der Waals surface area contributed by atoms with E-state index >= 15 is 0 Å². The van der Waals surface area contributed by atoms with Gasteiger partial charge in [-0.25, -0.2) is 0 Å². The molecule has 1 aliphatic carbocycles. The molecule has 1 saturated heterocycles. The minimum atomic E-state index is 0.235. The normalized spacial score (nSPS) is 21.8. The number of amides is 1. The first-order valence-electron chi connectivity index (χ1n) is 7.11. The molecule has 0 aromatic rings. The minimum absolute atomic E-state index is 0.235. The van der Waals surface area contributed by atoms with Gasteiger partial charge in [-0.3, -0.25) is 9.69 Å². The summed E-state index contributed by atoms with van der Waals surface area (Å²) < 4.78 is 5.27. The van der Waals surface area contributed by atoms with Gasteiger partial charge in [0.05, 0.1) is 19.8 Å². The van der Waals surface area contributed by atoms with Crippen molar-refractivity contribution in [3.63, 3.8) is 0 Å². The molecule has 0 radical (unpaired) electrons. The van der Waals surface area contributed by atoms with Crippen LogP contribution in [-0.2, 0) is 9.53 Å². The number of rotatable bonds is 5. The van der Waals surface area contributed by atoms with Crippen LogP contribution in [0.5, 0.6) is 0 Å². The highest BCUT2D eigenvalue weighted by Crippen LogP contribution is 2.23. The predicted octanol–water partition coefficient (Wildman–Crippen LogP) is 0.0485. The molecule has 0 spiro atoms. The number of nitrogens with zero attached hydrogens (tertiary/aromatic N) is 2. The second-order valence-corrected chi connectivity index (χ2v) is 5.19. The third-order valence-corrected chi connectivity index (χ3v) is 3.96. The fourth-order valence-electron chi connectivity index (χ4n) is 2.91. The van der Waals surface area contributed by atoms with Crippen LogP contribution in [0.25, 0.3) is 0 Å². The average molecular weight is 255 g/mol. The Morgan fingerprint density at radius 2 is 1.94 bits per heavy atom. The first kappa shape index (κ1) is 13.8. The summed E-state index contributed by atoms with van der Waals surface area (Å²) in [4.78, 5) is 16.4. The zero-order chi connectivity index (χ0) is 12.8. The molecular weight excluding hydrogens is 230 g/mol. The van der Waals surface area contributed by atoms with Crippen LogP contribution in [-0.4, -0.2) is 67.7 Å². The van der Waals surface area contributed by atoms with Crippen LogP contribution in [0.2, 0.25) is 0 Å². The molecule has 0 unspecified atom stereocenters. The molecule has 104 valence electrons. The van der Waals surface area contributed by atoms with Gasteiger partial charge in [-0.1, -0.05) is 12.8 Å². The fraction of sp³-hybridized carbons (Fsp3) is 0.923. The van der Waals surface area contributed by atoms with Gasteiger partial charge in [0.2, 0.25) is 5.91 Å². The number of carbonyl (C=O) groups excluding carboxylic acids is 1. The van der Waals surface area contributed by atoms with Gasteiger partial charge >= 0.3 is 0 Å². The van der Waals surface area contributed by atoms with Crippen molar-refractivity contribution in [3.05, 3.63) is 0 Å². The molecule has 0 atom stereocenters. The van der Waals surface area contributed by atoms with E-state index in [1.54, 1.807) is 0 Å². The summed E-state index contributed by atoms with van der Waals surface area (Å²) in [5, 5.41) is 0. The SMILES string of the molecule is NCCN(CC(=O)N1CCOCC1)C1CCCC1. The first-order valence-corrected chi connectivity index (χ1v) is 7.11. The van der Waals surface area contributed by atoms with Crippen molar-refractivity contribution in [1.29, 1.82) is 0 Å². The number of ether oxygens (including phenoxy) is 1. The second-order valence-electron chi connectivity index (χ2n) is 5.19. The summed E-state index contributed by atoms with van der Waals surface area (Å²) in [7, 11) is 0. The number of hydrogen-bond acceptors (Lipinski definition) is 4. The largest absolute Gasteiger partial charge is 0.378 e. The summed E-state index contributed by atoms with van der Waals surface area (Å²) in [5.74, 6) is 0.235. The molecule has 2 rings (SSSR count). The first-order chi connectivity index (χ1) is 8.81. The molecule has 18 heavy (non-hydrogen) atoms. The molecular formula is C13H25N3O2. The highest BCUT2D eigenvalue weighted by molar-refractivity contribution is 5.78. The molecule has 1 saturated carbocycles. The van der Waals surface area contributed by atoms with Gasteiger partial charge in [0.1, 0.15) is 0 Å². The predicted molar refractivity (Wildman–Crippen MR) is 70.3 cm³/mol. The van der Waals surface area contributed by atoms with Crippen LogP contribution in [0.15, 0.2) is 0 Å². The number of hydrogen-bond donors (Lipinski definition) is 1. The van der Waals surface area contributed by atoms with Crippen molar-refractivity contribution in [2.24, 2.45) is 5.73 Å². The number of carbonyl (C=O) groups is 1. The smallest absolute Gasteiger partial charge is 0.236 e. The van der Waals surface area contributed by atoms with E-state index in [0.717, 1.165) is 19.6 Å². The van der Waals surface area contributed by atoms with E-state index in [4.69, 9.17) is 10.5 Å². The minimum Gasteiger partial charge on any atom is -0.378 e. The lowest BCUT2D eigenvalue weighted by Gasteiger charge is -2.32. The molecule has 1 amide bonds. The Morgan fingerprint density at radius 1 is 1.28 bits per heavy atom. The molecule has 2 N–H and O–H groups in total. The number of morpholine rings is 1. The summed E-state index contributed by atoms with van der Waals surface area (Å²) in [6.07, 6.45) is 5.02. The van der Waals surface area contributed by atoms with E-state index in [2.05, 4.69) is 4.90 Å². The Bertz CT molecular complexity index is 261. The van der Waals surface area contributed by atoms with Gasteiger partial charge in [0.25, 0.3) is 0 Å². The van der Waals surface area contributed by atoms with Crippen molar-refractivity contribution < 1.29 is 9.53 Å². The quantitative estimate of drug-likeness (QED) is 0.754. The summed E-state index contributed by atoms with van der Waals surface area (Å²) in [5.41, 5.74) is 5.66. The zero-order valence-corrected chi connectivity index (χ0v) is 11.1. The Morgan fingerprint density at radius 3 is 2.56 bits per heavy atom. The molecule has 1 heterocycles. The third-order valence-electron chi connectivity index (χ3n) is 3.96. The Kier molecular flexibility index (Phi) is 5.41. The maximum atomic E-state index is 12.2. The highest BCUT2D eigenvalue weighted by atomic mass is 16.5. The monoisotopic (exact) mass is 255 g/mol. The van der Waals surface area contributed by atoms with E-state index in [1.807, 2.05) is 4.90 Å². The second kappa shape index (κ2) is 7.07. The molecule has 1 aliphatic heterocycles. The fourth-order valence-corrected chi connectivity index (χ4v) is 2.91. The van der Waals surface area contributed by atoms with Crippen molar-refractivity contribution in [1.82, 2.24) is 9.80 Å². The van der Waals surface area contributed by atoms with Crippen LogP contribution in [0, 0.1) is 0 Å². The van der Waals surface area contributed by atoms with Crippen molar-refractivity contribution in [2.75, 3.05) is 45.9 Å². The van der Waals surface area contributed by atoms with Gasteiger partial charge in [-0.05, 0) is 12.8 Å². The van der Waals surface area contributed by atoms with Gasteiger partial charge in [-0.2, -0.15) is 0 Å². The van der Waals surface area contributed by atoms with Crippen LogP contribution < -0.4 is 5.73 Å². The standard InChI is InChI=1S/C13H25N3O2/c14-5-6-16(12-3-1-2-4-12)11-13(17)15-7-9-18-10-8-15/h12H,1-11,14H2. The van der Waals surface area contributed by atoms with E-state index in [0.29, 0.717) is 32.3 Å². The average Bonchev–Trinajstić information content (AvgIpc) is 2.93. The van der Waals surface area contributed by atoms with Crippen LogP contribution in [0.4, 0.5) is 0 Å². The van der Waals surface area contributed by atoms with Crippen molar-refractivity contribution >= 4 is 5.91 Å². The van der Waals surface area contributed by atoms with Crippen LogP contribution in [0.3, 0.4) is 0 Å². The molecule has 2 fully saturated rings. The van der Waals surface area contributed by atoms with Crippen LogP contribution in [0.1, 0.15) is 25.7 Å². The van der Waals surface area contributed by atoms with Gasteiger partial charge < -0.3 is 15.4 Å². The Balaban J connectivity index is 1.84. The molecule has 0 aromatic heterocycles. The molecule has 5 nitrogen and oxygen atoms in total. The van der Waals surface area contributed by atoms with E-state index in [1.165, 1.54) is 25.7 Å². The number of nitrogens with two attached hydrogens (primary N) is 1. The Hall–Kier alpha value is -0.650. The topological polar surface area (TPSA) is 58.8 Å². The van der Waals surface area contributed by atoms with E-state index in [-0.39, 0.29) is 5.91 Å². The lowest BCUT2D eigenvalue weighted by Crippen LogP contribution is -2.48. The van der Waals surface area contributed by atoms with E-state index < -0.39 is 0 Å². The summed E-state index contributed by atoms with van der Waals surface area (Å²) >= 11 is 0. The van der Waals surface area contributed by atoms with Gasteiger partial charge in [0, 0.05) is 32.2 Å². The highest BCUT2D eigenvalue weighted by Gasteiger charge is 2.26. The molecule has 2 aliphatic rings. The van der Waals surface area contributed by atoms with Gasteiger partial charge in [0.15, 0.2) is 0 Å². The molecule has 0 aromatic carbocycles. The van der Waals surface area contributed by atoms with Crippen LogP contribution >= 0.6 is 0 Å². The molecule has 0 bridgehead atoms. The summed E-state index contributed by atoms with van der Waals surface area (Å²) in [6.45, 7) is 4.81. The van der Waals surface area contributed by atoms with E-state index in [9.17, 15) is 4.79 Å². The molecule has 5 heteroatoms.